The highest BCUT2D eigenvalue weighted by atomic mass is 19.1. The van der Waals surface area contributed by atoms with Crippen LogP contribution in [0.3, 0.4) is 0 Å². The van der Waals surface area contributed by atoms with Crippen LogP contribution in [0, 0.1) is 11.7 Å². The number of hydrogen-bond donors (Lipinski definition) is 2. The van der Waals surface area contributed by atoms with Gasteiger partial charge in [-0.15, -0.1) is 0 Å². The summed E-state index contributed by atoms with van der Waals surface area (Å²) in [5, 5.41) is 3.46. The number of carbonyl (C=O) groups excluding carboxylic acids is 1. The van der Waals surface area contributed by atoms with Crippen molar-refractivity contribution < 1.29 is 9.18 Å². The number of ketones is 1. The van der Waals surface area contributed by atoms with Crippen LogP contribution in [0.5, 0.6) is 0 Å². The molecular formula is C19H24FN5O. The fraction of sp³-hybridized carbons (Fsp3) is 0.421. The molecular weight excluding hydrogens is 333 g/mol. The van der Waals surface area contributed by atoms with Gasteiger partial charge in [0.05, 0.1) is 5.56 Å². The first-order valence-corrected chi connectivity index (χ1v) is 8.85. The first kappa shape index (κ1) is 18.3. The topological polar surface area (TPSA) is 84.1 Å². The number of anilines is 2. The summed E-state index contributed by atoms with van der Waals surface area (Å²) in [7, 11) is 0. The molecule has 7 heteroatoms. The molecule has 0 aromatic carbocycles. The molecule has 1 aliphatic heterocycles. The second-order valence-electron chi connectivity index (χ2n) is 6.99. The number of nitrogens with zero attached hydrogens (tertiary/aromatic N) is 3. The maximum Gasteiger partial charge on any atom is 0.215 e. The Morgan fingerprint density at radius 1 is 1.42 bits per heavy atom. The first-order valence-electron chi connectivity index (χ1n) is 8.85. The maximum atomic E-state index is 14.4. The zero-order valence-corrected chi connectivity index (χ0v) is 15.1. The largest absolute Gasteiger partial charge is 0.383 e. The fourth-order valence-corrected chi connectivity index (χ4v) is 3.27. The molecule has 0 saturated carbocycles. The van der Waals surface area contributed by atoms with Gasteiger partial charge < -0.3 is 16.0 Å². The maximum absolute atomic E-state index is 14.4. The van der Waals surface area contributed by atoms with Gasteiger partial charge in [-0.2, -0.15) is 0 Å². The molecule has 1 atom stereocenters. The van der Waals surface area contributed by atoms with E-state index in [1.807, 2.05) is 4.90 Å². The van der Waals surface area contributed by atoms with E-state index in [4.69, 9.17) is 5.73 Å². The Kier molecular flexibility index (Phi) is 5.46. The number of hydrogen-bond acceptors (Lipinski definition) is 6. The molecule has 2 aromatic heterocycles. The van der Waals surface area contributed by atoms with Crippen molar-refractivity contribution in [3.8, 4) is 0 Å². The summed E-state index contributed by atoms with van der Waals surface area (Å²) in [5.41, 5.74) is 6.22. The molecule has 138 valence electrons. The van der Waals surface area contributed by atoms with Gasteiger partial charge in [-0.25, -0.2) is 14.4 Å². The third-order valence-electron chi connectivity index (χ3n) is 4.45. The Hall–Kier alpha value is -2.54. The van der Waals surface area contributed by atoms with Crippen LogP contribution in [0.25, 0.3) is 0 Å². The highest BCUT2D eigenvalue weighted by Crippen LogP contribution is 2.22. The Bertz CT molecular complexity index is 795. The van der Waals surface area contributed by atoms with Crippen LogP contribution in [0.1, 0.15) is 36.3 Å². The molecule has 3 rings (SSSR count). The van der Waals surface area contributed by atoms with E-state index in [0.717, 1.165) is 13.0 Å². The average molecular weight is 357 g/mol. The number of halogens is 1. The van der Waals surface area contributed by atoms with Gasteiger partial charge in [0, 0.05) is 31.9 Å². The predicted octanol–water partition coefficient (Wildman–Crippen LogP) is 2.25. The van der Waals surface area contributed by atoms with Gasteiger partial charge in [-0.05, 0) is 36.6 Å². The van der Waals surface area contributed by atoms with Gasteiger partial charge in [0.1, 0.15) is 11.5 Å². The standard InChI is InChI=1S/C19H24FN5O/c1-12(2)10-13-11-25(9-8-22-13)19-15(20)5-6-16(24-19)17(26)14-4-3-7-23-18(14)21/h3-7,12-13,22H,8-11H2,1-2H3,(H2,21,23)/t13-/m0/s1. The second-order valence-corrected chi connectivity index (χ2v) is 6.99. The third kappa shape index (κ3) is 3.99. The van der Waals surface area contributed by atoms with Gasteiger partial charge in [0.25, 0.3) is 0 Å². The Morgan fingerprint density at radius 2 is 2.23 bits per heavy atom. The fourth-order valence-electron chi connectivity index (χ4n) is 3.27. The van der Waals surface area contributed by atoms with Crippen molar-refractivity contribution in [2.45, 2.75) is 26.3 Å². The van der Waals surface area contributed by atoms with E-state index < -0.39 is 5.82 Å². The highest BCUT2D eigenvalue weighted by molar-refractivity contribution is 6.10. The number of nitrogen functional groups attached to an aromatic ring is 1. The molecule has 2 aromatic rings. The van der Waals surface area contributed by atoms with Gasteiger partial charge in [-0.3, -0.25) is 4.79 Å². The highest BCUT2D eigenvalue weighted by Gasteiger charge is 2.25. The van der Waals surface area contributed by atoms with E-state index in [1.54, 1.807) is 12.1 Å². The van der Waals surface area contributed by atoms with E-state index >= 15 is 0 Å². The Morgan fingerprint density at radius 3 is 2.96 bits per heavy atom. The molecule has 0 bridgehead atoms. The summed E-state index contributed by atoms with van der Waals surface area (Å²) in [4.78, 5) is 22.8. The van der Waals surface area contributed by atoms with Crippen LogP contribution in [-0.4, -0.2) is 41.4 Å². The van der Waals surface area contributed by atoms with Crippen LogP contribution in [0.4, 0.5) is 16.0 Å². The normalized spacial score (nSPS) is 17.5. The van der Waals surface area contributed by atoms with Crippen molar-refractivity contribution in [3.05, 3.63) is 47.5 Å². The molecule has 26 heavy (non-hydrogen) atoms. The summed E-state index contributed by atoms with van der Waals surface area (Å²) < 4.78 is 14.4. The van der Waals surface area contributed by atoms with Crippen LogP contribution in [0.15, 0.2) is 30.5 Å². The lowest BCUT2D eigenvalue weighted by molar-refractivity contribution is 0.103. The van der Waals surface area contributed by atoms with E-state index in [9.17, 15) is 9.18 Å². The van der Waals surface area contributed by atoms with Crippen molar-refractivity contribution in [2.24, 2.45) is 5.92 Å². The number of rotatable bonds is 5. The molecule has 0 aliphatic carbocycles. The zero-order valence-electron chi connectivity index (χ0n) is 15.1. The molecule has 1 aliphatic rings. The van der Waals surface area contributed by atoms with Crippen molar-refractivity contribution in [3.63, 3.8) is 0 Å². The van der Waals surface area contributed by atoms with E-state index in [2.05, 4.69) is 29.1 Å². The lowest BCUT2D eigenvalue weighted by atomic mass is 10.0. The smallest absolute Gasteiger partial charge is 0.215 e. The minimum absolute atomic E-state index is 0.143. The summed E-state index contributed by atoms with van der Waals surface area (Å²) in [5.74, 6) is 0.126. The van der Waals surface area contributed by atoms with Crippen molar-refractivity contribution in [1.29, 1.82) is 0 Å². The molecule has 6 nitrogen and oxygen atoms in total. The van der Waals surface area contributed by atoms with E-state index in [-0.39, 0.29) is 34.7 Å². The lowest BCUT2D eigenvalue weighted by Crippen LogP contribution is -2.51. The monoisotopic (exact) mass is 357 g/mol. The SMILES string of the molecule is CC(C)C[C@H]1CN(c2nc(C(=O)c3cccnc3N)ccc2F)CCN1. The van der Waals surface area contributed by atoms with Crippen molar-refractivity contribution in [2.75, 3.05) is 30.3 Å². The number of nitrogens with two attached hydrogens (primary N) is 1. The minimum Gasteiger partial charge on any atom is -0.383 e. The number of carbonyl (C=O) groups is 1. The molecule has 0 amide bonds. The number of pyridine rings is 2. The van der Waals surface area contributed by atoms with Gasteiger partial charge in [0.15, 0.2) is 11.6 Å². The van der Waals surface area contributed by atoms with E-state index in [1.165, 1.54) is 18.3 Å². The molecule has 0 unspecified atom stereocenters. The summed E-state index contributed by atoms with van der Waals surface area (Å²) in [6, 6.07) is 6.20. The van der Waals surface area contributed by atoms with Gasteiger partial charge >= 0.3 is 0 Å². The third-order valence-corrected chi connectivity index (χ3v) is 4.45. The molecule has 3 heterocycles. The Balaban J connectivity index is 1.86. The van der Waals surface area contributed by atoms with Gasteiger partial charge in [0.2, 0.25) is 5.78 Å². The van der Waals surface area contributed by atoms with Crippen LogP contribution in [-0.2, 0) is 0 Å². The molecule has 1 saturated heterocycles. The quantitative estimate of drug-likeness (QED) is 0.799. The van der Waals surface area contributed by atoms with Crippen LogP contribution >= 0.6 is 0 Å². The molecule has 3 N–H and O–H groups in total. The van der Waals surface area contributed by atoms with Crippen LogP contribution in [0.2, 0.25) is 0 Å². The van der Waals surface area contributed by atoms with Crippen molar-refractivity contribution in [1.82, 2.24) is 15.3 Å². The van der Waals surface area contributed by atoms with E-state index in [0.29, 0.717) is 19.0 Å². The predicted molar refractivity (Wildman–Crippen MR) is 99.7 cm³/mol. The summed E-state index contributed by atoms with van der Waals surface area (Å²) >= 11 is 0. The van der Waals surface area contributed by atoms with Gasteiger partial charge in [-0.1, -0.05) is 13.8 Å². The van der Waals surface area contributed by atoms with Crippen molar-refractivity contribution >= 4 is 17.4 Å². The Labute approximate surface area is 152 Å². The first-order chi connectivity index (χ1) is 12.5. The summed E-state index contributed by atoms with van der Waals surface area (Å²) in [6.45, 7) is 6.39. The number of aromatic nitrogens is 2. The molecule has 1 fully saturated rings. The summed E-state index contributed by atoms with van der Waals surface area (Å²) in [6.07, 6.45) is 2.52. The second kappa shape index (κ2) is 7.78. The number of piperazine rings is 1. The average Bonchev–Trinajstić information content (AvgIpc) is 2.61. The lowest BCUT2D eigenvalue weighted by Gasteiger charge is -2.35. The number of nitrogens with one attached hydrogen (secondary N) is 1. The molecule has 0 radical (unpaired) electrons. The molecule has 0 spiro atoms. The zero-order chi connectivity index (χ0) is 18.7. The van der Waals surface area contributed by atoms with Crippen LogP contribution < -0.4 is 16.0 Å². The minimum atomic E-state index is -0.425.